The Hall–Kier alpha value is -1.71. The van der Waals surface area contributed by atoms with Crippen molar-refractivity contribution >= 4 is 0 Å². The maximum atomic E-state index is 6.27. The van der Waals surface area contributed by atoms with E-state index in [9.17, 15) is 0 Å². The van der Waals surface area contributed by atoms with Gasteiger partial charge in [0, 0.05) is 24.8 Å². The van der Waals surface area contributed by atoms with E-state index in [0.717, 1.165) is 37.4 Å². The van der Waals surface area contributed by atoms with E-state index < -0.39 is 0 Å². The predicted molar refractivity (Wildman–Crippen MR) is 87.9 cm³/mol. The molecule has 0 aliphatic rings. The molecule has 0 radical (unpaired) electrons. The molecule has 2 rings (SSSR count). The number of nitrogens with zero attached hydrogens (tertiary/aromatic N) is 2. The van der Waals surface area contributed by atoms with Crippen LogP contribution in [0.5, 0.6) is 0 Å². The number of hydrogen-bond acceptors (Lipinski definition) is 3. The molecule has 0 fully saturated rings. The van der Waals surface area contributed by atoms with Crippen LogP contribution in [0.2, 0.25) is 0 Å². The average molecular weight is 283 g/mol. The summed E-state index contributed by atoms with van der Waals surface area (Å²) in [5, 5.41) is 0. The number of rotatable bonds is 7. The van der Waals surface area contributed by atoms with E-state index >= 15 is 0 Å². The van der Waals surface area contributed by atoms with Crippen molar-refractivity contribution in [1.82, 2.24) is 9.88 Å². The molecule has 1 aromatic carbocycles. The molecule has 3 heteroatoms. The Labute approximate surface area is 127 Å². The highest BCUT2D eigenvalue weighted by atomic mass is 15.1. The molecular formula is C18H25N3. The first-order valence-corrected chi connectivity index (χ1v) is 7.64. The van der Waals surface area contributed by atoms with Crippen molar-refractivity contribution in [3.63, 3.8) is 0 Å². The lowest BCUT2D eigenvalue weighted by atomic mass is 10.0. The van der Waals surface area contributed by atoms with Gasteiger partial charge in [-0.1, -0.05) is 43.3 Å². The summed E-state index contributed by atoms with van der Waals surface area (Å²) in [6, 6.07) is 16.6. The third kappa shape index (κ3) is 4.96. The van der Waals surface area contributed by atoms with E-state index in [1.807, 2.05) is 31.2 Å². The molecule has 0 bridgehead atoms. The molecule has 1 unspecified atom stereocenters. The molecule has 0 aliphatic carbocycles. The van der Waals surface area contributed by atoms with Gasteiger partial charge in [0.05, 0.1) is 5.69 Å². The topological polar surface area (TPSA) is 42.1 Å². The minimum atomic E-state index is 0.103. The van der Waals surface area contributed by atoms with Gasteiger partial charge in [-0.05, 0) is 37.6 Å². The Bertz CT molecular complexity index is 539. The largest absolute Gasteiger partial charge is 0.324 e. The monoisotopic (exact) mass is 283 g/mol. The van der Waals surface area contributed by atoms with Crippen molar-refractivity contribution in [2.75, 3.05) is 13.1 Å². The zero-order valence-corrected chi connectivity index (χ0v) is 13.0. The van der Waals surface area contributed by atoms with Crippen LogP contribution in [0.15, 0.2) is 48.5 Å². The molecule has 0 aliphatic heterocycles. The SMILES string of the molecule is CCN(CCC(N)c1ccccc1)Cc1cccc(C)n1. The van der Waals surface area contributed by atoms with Crippen molar-refractivity contribution in [2.45, 2.75) is 32.9 Å². The molecule has 2 aromatic rings. The summed E-state index contributed by atoms with van der Waals surface area (Å²) in [7, 11) is 0. The second kappa shape index (κ2) is 7.91. The number of aromatic nitrogens is 1. The van der Waals surface area contributed by atoms with Crippen LogP contribution in [0, 0.1) is 6.92 Å². The lowest BCUT2D eigenvalue weighted by molar-refractivity contribution is 0.265. The first-order valence-electron chi connectivity index (χ1n) is 7.64. The van der Waals surface area contributed by atoms with Crippen LogP contribution in [-0.2, 0) is 6.54 Å². The lowest BCUT2D eigenvalue weighted by Crippen LogP contribution is -2.27. The van der Waals surface area contributed by atoms with E-state index in [2.05, 4.69) is 41.1 Å². The first-order chi connectivity index (χ1) is 10.2. The third-order valence-corrected chi connectivity index (χ3v) is 3.76. The fraction of sp³-hybridized carbons (Fsp3) is 0.389. The maximum absolute atomic E-state index is 6.27. The Morgan fingerprint density at radius 2 is 1.86 bits per heavy atom. The number of nitrogens with two attached hydrogens (primary N) is 1. The molecule has 0 saturated carbocycles. The zero-order chi connectivity index (χ0) is 15.1. The Balaban J connectivity index is 1.88. The molecule has 1 atom stereocenters. The highest BCUT2D eigenvalue weighted by molar-refractivity contribution is 5.18. The summed E-state index contributed by atoms with van der Waals surface area (Å²) in [6.07, 6.45) is 0.962. The van der Waals surface area contributed by atoms with Gasteiger partial charge < -0.3 is 5.73 Å². The van der Waals surface area contributed by atoms with Crippen LogP contribution in [0.3, 0.4) is 0 Å². The number of hydrogen-bond donors (Lipinski definition) is 1. The second-order valence-corrected chi connectivity index (χ2v) is 5.44. The van der Waals surface area contributed by atoms with Gasteiger partial charge in [0.15, 0.2) is 0 Å². The smallest absolute Gasteiger partial charge is 0.0547 e. The van der Waals surface area contributed by atoms with Gasteiger partial charge in [-0.3, -0.25) is 9.88 Å². The highest BCUT2D eigenvalue weighted by Gasteiger charge is 2.09. The third-order valence-electron chi connectivity index (χ3n) is 3.76. The van der Waals surface area contributed by atoms with Crippen molar-refractivity contribution in [1.29, 1.82) is 0 Å². The van der Waals surface area contributed by atoms with Gasteiger partial charge in [-0.15, -0.1) is 0 Å². The summed E-state index contributed by atoms with van der Waals surface area (Å²) >= 11 is 0. The maximum Gasteiger partial charge on any atom is 0.0547 e. The van der Waals surface area contributed by atoms with Gasteiger partial charge in [-0.2, -0.15) is 0 Å². The molecule has 0 amide bonds. The van der Waals surface area contributed by atoms with E-state index in [0.29, 0.717) is 0 Å². The van der Waals surface area contributed by atoms with Crippen molar-refractivity contribution in [3.8, 4) is 0 Å². The molecule has 0 spiro atoms. The first kappa shape index (κ1) is 15.7. The Morgan fingerprint density at radius 1 is 1.10 bits per heavy atom. The molecular weight excluding hydrogens is 258 g/mol. The van der Waals surface area contributed by atoms with Crippen molar-refractivity contribution < 1.29 is 0 Å². The van der Waals surface area contributed by atoms with E-state index in [-0.39, 0.29) is 6.04 Å². The molecule has 112 valence electrons. The summed E-state index contributed by atoms with van der Waals surface area (Å²) in [6.45, 7) is 7.11. The van der Waals surface area contributed by atoms with E-state index in [4.69, 9.17) is 5.73 Å². The van der Waals surface area contributed by atoms with Gasteiger partial charge in [-0.25, -0.2) is 0 Å². The summed E-state index contributed by atoms with van der Waals surface area (Å²) in [5.41, 5.74) is 9.69. The molecule has 21 heavy (non-hydrogen) atoms. The molecule has 2 N–H and O–H groups in total. The van der Waals surface area contributed by atoms with Crippen LogP contribution in [-0.4, -0.2) is 23.0 Å². The standard InChI is InChI=1S/C18H25N3/c1-3-21(14-17-11-7-8-15(2)20-17)13-12-18(19)16-9-5-4-6-10-16/h4-11,18H,3,12-14,19H2,1-2H3. The minimum absolute atomic E-state index is 0.103. The summed E-state index contributed by atoms with van der Waals surface area (Å²) in [5.74, 6) is 0. The fourth-order valence-corrected chi connectivity index (χ4v) is 2.45. The van der Waals surface area contributed by atoms with Crippen LogP contribution >= 0.6 is 0 Å². The van der Waals surface area contributed by atoms with Gasteiger partial charge in [0.2, 0.25) is 0 Å². The van der Waals surface area contributed by atoms with Crippen molar-refractivity contribution in [3.05, 3.63) is 65.5 Å². The minimum Gasteiger partial charge on any atom is -0.324 e. The highest BCUT2D eigenvalue weighted by Crippen LogP contribution is 2.14. The Morgan fingerprint density at radius 3 is 2.52 bits per heavy atom. The zero-order valence-electron chi connectivity index (χ0n) is 13.0. The Kier molecular flexibility index (Phi) is 5.90. The number of benzene rings is 1. The van der Waals surface area contributed by atoms with Crippen molar-refractivity contribution in [2.24, 2.45) is 5.73 Å². The van der Waals surface area contributed by atoms with E-state index in [1.54, 1.807) is 0 Å². The second-order valence-electron chi connectivity index (χ2n) is 5.44. The van der Waals surface area contributed by atoms with Gasteiger partial charge >= 0.3 is 0 Å². The van der Waals surface area contributed by atoms with E-state index in [1.165, 1.54) is 5.56 Å². The average Bonchev–Trinajstić information content (AvgIpc) is 2.52. The van der Waals surface area contributed by atoms with Crippen LogP contribution in [0.1, 0.15) is 36.3 Å². The lowest BCUT2D eigenvalue weighted by Gasteiger charge is -2.22. The van der Waals surface area contributed by atoms with Crippen LogP contribution in [0.25, 0.3) is 0 Å². The molecule has 1 heterocycles. The van der Waals surface area contributed by atoms with Gasteiger partial charge in [0.1, 0.15) is 0 Å². The number of aryl methyl sites for hydroxylation is 1. The molecule has 3 nitrogen and oxygen atoms in total. The predicted octanol–water partition coefficient (Wildman–Crippen LogP) is 3.30. The van der Waals surface area contributed by atoms with Crippen LogP contribution < -0.4 is 5.73 Å². The normalized spacial score (nSPS) is 12.6. The number of pyridine rings is 1. The molecule has 1 aromatic heterocycles. The van der Waals surface area contributed by atoms with Gasteiger partial charge in [0.25, 0.3) is 0 Å². The fourth-order valence-electron chi connectivity index (χ4n) is 2.45. The summed E-state index contributed by atoms with van der Waals surface area (Å²) in [4.78, 5) is 6.97. The molecule has 0 saturated heterocycles. The van der Waals surface area contributed by atoms with Crippen LogP contribution in [0.4, 0.5) is 0 Å². The summed E-state index contributed by atoms with van der Waals surface area (Å²) < 4.78 is 0. The quantitative estimate of drug-likeness (QED) is 0.847.